The number of ketones is 1. The van der Waals surface area contributed by atoms with Gasteiger partial charge in [-0.25, -0.2) is 4.98 Å². The molecule has 0 fully saturated rings. The number of nitrogens with zero attached hydrogens (tertiary/aromatic N) is 2. The van der Waals surface area contributed by atoms with Gasteiger partial charge in [-0.3, -0.25) is 9.59 Å². The Morgan fingerprint density at radius 1 is 1.04 bits per heavy atom. The van der Waals surface area contributed by atoms with E-state index in [1.807, 2.05) is 14.1 Å². The molecule has 1 aromatic carbocycles. The highest BCUT2D eigenvalue weighted by Gasteiger charge is 2.07. The molecule has 0 saturated heterocycles. The molecule has 2 aromatic rings. The fraction of sp³-hybridized carbons (Fsp3) is 0.278. The minimum atomic E-state index is -0.238. The molecule has 0 atom stereocenters. The third-order valence-electron chi connectivity index (χ3n) is 3.44. The predicted molar refractivity (Wildman–Crippen MR) is 95.7 cm³/mol. The van der Waals surface area contributed by atoms with Crippen LogP contribution in [0.1, 0.15) is 27.6 Å². The van der Waals surface area contributed by atoms with Crippen LogP contribution >= 0.6 is 0 Å². The summed E-state index contributed by atoms with van der Waals surface area (Å²) in [5, 5.41) is 5.98. The minimum absolute atomic E-state index is 0.00516. The van der Waals surface area contributed by atoms with Crippen molar-refractivity contribution in [1.29, 1.82) is 0 Å². The lowest BCUT2D eigenvalue weighted by atomic mass is 10.1. The van der Waals surface area contributed by atoms with E-state index in [-0.39, 0.29) is 11.7 Å². The highest BCUT2D eigenvalue weighted by atomic mass is 16.1. The number of hydrogen-bond donors (Lipinski definition) is 2. The maximum atomic E-state index is 12.2. The van der Waals surface area contributed by atoms with Gasteiger partial charge >= 0.3 is 0 Å². The number of rotatable bonds is 7. The van der Waals surface area contributed by atoms with Crippen molar-refractivity contribution in [1.82, 2.24) is 9.88 Å². The summed E-state index contributed by atoms with van der Waals surface area (Å²) >= 11 is 0. The molecule has 1 aromatic heterocycles. The molecule has 2 N–H and O–H groups in total. The first kappa shape index (κ1) is 17.6. The smallest absolute Gasteiger partial charge is 0.257 e. The Hall–Kier alpha value is -2.73. The van der Waals surface area contributed by atoms with Gasteiger partial charge in [0.1, 0.15) is 5.82 Å². The molecule has 1 heterocycles. The number of hydrogen-bond acceptors (Lipinski definition) is 5. The normalized spacial score (nSPS) is 10.5. The van der Waals surface area contributed by atoms with Gasteiger partial charge in [0.25, 0.3) is 5.91 Å². The van der Waals surface area contributed by atoms with E-state index in [9.17, 15) is 9.59 Å². The van der Waals surface area contributed by atoms with Crippen LogP contribution in [-0.4, -0.2) is 48.8 Å². The third-order valence-corrected chi connectivity index (χ3v) is 3.44. The third kappa shape index (κ3) is 5.17. The number of likely N-dealkylation sites (N-methyl/N-ethyl adjacent to an activating group) is 1. The largest absolute Gasteiger partial charge is 0.369 e. The first-order valence-electron chi connectivity index (χ1n) is 7.72. The number of pyridine rings is 1. The summed E-state index contributed by atoms with van der Waals surface area (Å²) in [6.07, 6.45) is 1.54. The summed E-state index contributed by atoms with van der Waals surface area (Å²) in [6.45, 7) is 3.20. The molecule has 2 rings (SSSR count). The number of carbonyl (C=O) groups excluding carboxylic acids is 2. The molecule has 126 valence electrons. The van der Waals surface area contributed by atoms with Gasteiger partial charge in [-0.15, -0.1) is 0 Å². The lowest BCUT2D eigenvalue weighted by Gasteiger charge is -2.11. The fourth-order valence-corrected chi connectivity index (χ4v) is 2.03. The van der Waals surface area contributed by atoms with E-state index >= 15 is 0 Å². The van der Waals surface area contributed by atoms with Gasteiger partial charge in [-0.2, -0.15) is 0 Å². The molecule has 0 radical (unpaired) electrons. The Morgan fingerprint density at radius 2 is 1.71 bits per heavy atom. The second-order valence-electron chi connectivity index (χ2n) is 5.75. The van der Waals surface area contributed by atoms with Crippen molar-refractivity contribution in [3.8, 4) is 0 Å². The number of benzene rings is 1. The minimum Gasteiger partial charge on any atom is -0.369 e. The van der Waals surface area contributed by atoms with E-state index in [0.29, 0.717) is 16.8 Å². The fourth-order valence-electron chi connectivity index (χ4n) is 2.03. The van der Waals surface area contributed by atoms with Crippen LogP contribution in [0.3, 0.4) is 0 Å². The Bertz CT molecular complexity index is 694. The monoisotopic (exact) mass is 326 g/mol. The SMILES string of the molecule is CC(=O)c1ccc(NC(=O)c2ccc(NCCN(C)C)nc2)cc1. The number of amides is 1. The number of Topliss-reactive ketones (excluding diaryl/α,β-unsaturated/α-hetero) is 1. The van der Waals surface area contributed by atoms with Crippen molar-refractivity contribution in [2.24, 2.45) is 0 Å². The first-order chi connectivity index (χ1) is 11.5. The average molecular weight is 326 g/mol. The number of nitrogens with one attached hydrogen (secondary N) is 2. The van der Waals surface area contributed by atoms with Crippen molar-refractivity contribution in [3.05, 3.63) is 53.7 Å². The van der Waals surface area contributed by atoms with Crippen LogP contribution in [0.5, 0.6) is 0 Å². The van der Waals surface area contributed by atoms with Crippen LogP contribution in [0.4, 0.5) is 11.5 Å². The molecule has 24 heavy (non-hydrogen) atoms. The molecule has 6 nitrogen and oxygen atoms in total. The molecule has 0 aliphatic rings. The summed E-state index contributed by atoms with van der Waals surface area (Å²) < 4.78 is 0. The Morgan fingerprint density at radius 3 is 2.25 bits per heavy atom. The van der Waals surface area contributed by atoms with E-state index in [1.165, 1.54) is 13.1 Å². The van der Waals surface area contributed by atoms with E-state index in [2.05, 4.69) is 20.5 Å². The molecule has 0 aliphatic carbocycles. The standard InChI is InChI=1S/C18H22N4O2/c1-13(23)14-4-7-16(8-5-14)21-18(24)15-6-9-17(20-12-15)19-10-11-22(2)3/h4-9,12H,10-11H2,1-3H3,(H,19,20)(H,21,24). The highest BCUT2D eigenvalue weighted by molar-refractivity contribution is 6.04. The van der Waals surface area contributed by atoms with Gasteiger partial charge in [-0.05, 0) is 57.4 Å². The highest BCUT2D eigenvalue weighted by Crippen LogP contribution is 2.12. The maximum absolute atomic E-state index is 12.2. The van der Waals surface area contributed by atoms with Crippen molar-refractivity contribution in [2.45, 2.75) is 6.92 Å². The quantitative estimate of drug-likeness (QED) is 0.765. The van der Waals surface area contributed by atoms with Crippen LogP contribution in [0, 0.1) is 0 Å². The van der Waals surface area contributed by atoms with Gasteiger partial charge in [0.2, 0.25) is 0 Å². The molecule has 6 heteroatoms. The zero-order valence-electron chi connectivity index (χ0n) is 14.2. The summed E-state index contributed by atoms with van der Waals surface area (Å²) in [5.41, 5.74) is 1.73. The molecule has 0 unspecified atom stereocenters. The van der Waals surface area contributed by atoms with E-state index in [0.717, 1.165) is 18.9 Å². The van der Waals surface area contributed by atoms with Gasteiger partial charge < -0.3 is 15.5 Å². The molecule has 0 aliphatic heterocycles. The zero-order chi connectivity index (χ0) is 17.5. The van der Waals surface area contributed by atoms with Crippen molar-refractivity contribution in [2.75, 3.05) is 37.8 Å². The molecule has 0 saturated carbocycles. The van der Waals surface area contributed by atoms with Gasteiger partial charge in [0.15, 0.2) is 5.78 Å². The molecule has 0 bridgehead atoms. The van der Waals surface area contributed by atoms with Crippen LogP contribution < -0.4 is 10.6 Å². The second-order valence-corrected chi connectivity index (χ2v) is 5.75. The maximum Gasteiger partial charge on any atom is 0.257 e. The van der Waals surface area contributed by atoms with Crippen LogP contribution in [-0.2, 0) is 0 Å². The van der Waals surface area contributed by atoms with E-state index in [4.69, 9.17) is 0 Å². The Labute approximate surface area is 141 Å². The summed E-state index contributed by atoms with van der Waals surface area (Å²) in [4.78, 5) is 29.8. The zero-order valence-corrected chi connectivity index (χ0v) is 14.2. The summed E-state index contributed by atoms with van der Waals surface area (Å²) in [6, 6.07) is 10.3. The lowest BCUT2D eigenvalue weighted by molar-refractivity contribution is 0.101. The Balaban J connectivity index is 1.93. The van der Waals surface area contributed by atoms with Crippen molar-refractivity contribution >= 4 is 23.2 Å². The summed E-state index contributed by atoms with van der Waals surface area (Å²) in [5.74, 6) is 0.492. The van der Waals surface area contributed by atoms with Gasteiger partial charge in [0.05, 0.1) is 5.56 Å². The van der Waals surface area contributed by atoms with E-state index < -0.39 is 0 Å². The van der Waals surface area contributed by atoms with Crippen molar-refractivity contribution < 1.29 is 9.59 Å². The predicted octanol–water partition coefficient (Wildman–Crippen LogP) is 2.51. The van der Waals surface area contributed by atoms with E-state index in [1.54, 1.807) is 36.4 Å². The molecule has 0 spiro atoms. The van der Waals surface area contributed by atoms with Crippen LogP contribution in [0.2, 0.25) is 0 Å². The van der Waals surface area contributed by atoms with Gasteiger partial charge in [0, 0.05) is 30.5 Å². The van der Waals surface area contributed by atoms with Gasteiger partial charge in [-0.1, -0.05) is 0 Å². The van der Waals surface area contributed by atoms with Crippen LogP contribution in [0.15, 0.2) is 42.6 Å². The lowest BCUT2D eigenvalue weighted by Crippen LogP contribution is -2.21. The number of aromatic nitrogens is 1. The topological polar surface area (TPSA) is 74.3 Å². The molecule has 1 amide bonds. The number of anilines is 2. The molecular weight excluding hydrogens is 304 g/mol. The average Bonchev–Trinajstić information content (AvgIpc) is 2.55. The van der Waals surface area contributed by atoms with Crippen molar-refractivity contribution in [3.63, 3.8) is 0 Å². The molecular formula is C18H22N4O2. The first-order valence-corrected chi connectivity index (χ1v) is 7.72. The summed E-state index contributed by atoms with van der Waals surface area (Å²) in [7, 11) is 4.01. The number of carbonyl (C=O) groups is 2. The second kappa shape index (κ2) is 8.21. The van der Waals surface area contributed by atoms with Crippen LogP contribution in [0.25, 0.3) is 0 Å². The Kier molecular flexibility index (Phi) is 6.03.